The first kappa shape index (κ1) is 15.1. The monoisotopic (exact) mass is 334 g/mol. The van der Waals surface area contributed by atoms with E-state index in [4.69, 9.17) is 5.11 Å². The average Bonchev–Trinajstić information content (AvgIpc) is 2.72. The van der Waals surface area contributed by atoms with E-state index in [1.54, 1.807) is 26.1 Å². The van der Waals surface area contributed by atoms with Gasteiger partial charge in [-0.1, -0.05) is 0 Å². The van der Waals surface area contributed by atoms with E-state index in [9.17, 15) is 9.59 Å². The minimum absolute atomic E-state index is 0.0267. The number of hydrogen-bond acceptors (Lipinski definition) is 4. The van der Waals surface area contributed by atoms with Gasteiger partial charge >= 0.3 is 0 Å². The summed E-state index contributed by atoms with van der Waals surface area (Å²) < 4.78 is 0.873. The molecule has 1 aromatic rings. The van der Waals surface area contributed by atoms with Crippen molar-refractivity contribution in [3.05, 3.63) is 20.8 Å². The lowest BCUT2D eigenvalue weighted by molar-refractivity contribution is -0.122. The minimum Gasteiger partial charge on any atom is -0.392 e. The predicted molar refractivity (Wildman–Crippen MR) is 73.7 cm³/mol. The van der Waals surface area contributed by atoms with Crippen LogP contribution >= 0.6 is 27.3 Å². The summed E-state index contributed by atoms with van der Waals surface area (Å²) in [5.41, 5.74) is 0. The number of likely N-dealkylation sites (N-methyl/N-ethyl adjacent to an activating group) is 1. The Labute approximate surface area is 118 Å². The molecule has 0 saturated carbocycles. The van der Waals surface area contributed by atoms with Crippen LogP contribution in [0.25, 0.3) is 0 Å². The summed E-state index contributed by atoms with van der Waals surface area (Å²) in [6.07, 6.45) is -0.594. The molecule has 18 heavy (non-hydrogen) atoms. The lowest BCUT2D eigenvalue weighted by atomic mass is 10.3. The zero-order valence-corrected chi connectivity index (χ0v) is 12.5. The Morgan fingerprint density at radius 2 is 2.22 bits per heavy atom. The Hall–Kier alpha value is -0.920. The second kappa shape index (κ2) is 6.86. The summed E-state index contributed by atoms with van der Waals surface area (Å²) in [5, 5.41) is 11.6. The van der Waals surface area contributed by atoms with Crippen LogP contribution in [0, 0.1) is 0 Å². The summed E-state index contributed by atoms with van der Waals surface area (Å²) in [6, 6.07) is 3.50. The van der Waals surface area contributed by atoms with Gasteiger partial charge in [0.05, 0.1) is 21.3 Å². The smallest absolute Gasteiger partial charge is 0.264 e. The highest BCUT2D eigenvalue weighted by atomic mass is 79.9. The number of carbonyl (C=O) groups excluding carboxylic acids is 2. The van der Waals surface area contributed by atoms with Crippen molar-refractivity contribution in [2.24, 2.45) is 0 Å². The van der Waals surface area contributed by atoms with Crippen molar-refractivity contribution in [2.45, 2.75) is 13.0 Å². The number of halogens is 1. The molecule has 0 aromatic carbocycles. The molecule has 7 heteroatoms. The van der Waals surface area contributed by atoms with Crippen molar-refractivity contribution < 1.29 is 14.7 Å². The predicted octanol–water partition coefficient (Wildman–Crippen LogP) is 1.08. The maximum atomic E-state index is 11.9. The van der Waals surface area contributed by atoms with E-state index in [2.05, 4.69) is 21.2 Å². The largest absolute Gasteiger partial charge is 0.392 e. The second-order valence-corrected chi connectivity index (χ2v) is 6.38. The lowest BCUT2D eigenvalue weighted by Gasteiger charge is -2.16. The molecule has 0 bridgehead atoms. The molecule has 1 unspecified atom stereocenters. The van der Waals surface area contributed by atoms with Gasteiger partial charge in [-0.25, -0.2) is 0 Å². The van der Waals surface area contributed by atoms with Gasteiger partial charge in [-0.15, -0.1) is 11.3 Å². The van der Waals surface area contributed by atoms with Crippen molar-refractivity contribution in [3.8, 4) is 0 Å². The van der Waals surface area contributed by atoms with Crippen LogP contribution in [0.4, 0.5) is 0 Å². The third-order valence-corrected chi connectivity index (χ3v) is 3.72. The highest BCUT2D eigenvalue weighted by molar-refractivity contribution is 9.11. The van der Waals surface area contributed by atoms with Crippen LogP contribution in [0.3, 0.4) is 0 Å². The highest BCUT2D eigenvalue weighted by Crippen LogP contribution is 2.22. The standard InChI is InChI=1S/C11H15BrN2O3S/c1-7(15)5-13-10(16)6-14(2)11(17)8-3-4-9(12)18-8/h3-4,7,15H,5-6H2,1-2H3,(H,13,16). The number of amides is 2. The van der Waals surface area contributed by atoms with Crippen LogP contribution in [0.15, 0.2) is 15.9 Å². The summed E-state index contributed by atoms with van der Waals surface area (Å²) in [5.74, 6) is -0.486. The molecular weight excluding hydrogens is 320 g/mol. The van der Waals surface area contributed by atoms with Crippen LogP contribution in [0.5, 0.6) is 0 Å². The topological polar surface area (TPSA) is 69.6 Å². The molecular formula is C11H15BrN2O3S. The van der Waals surface area contributed by atoms with Gasteiger partial charge in [-0.05, 0) is 35.0 Å². The Kier molecular flexibility index (Phi) is 5.77. The van der Waals surface area contributed by atoms with Crippen LogP contribution < -0.4 is 5.32 Å². The van der Waals surface area contributed by atoms with Crippen LogP contribution in [0.1, 0.15) is 16.6 Å². The fourth-order valence-corrected chi connectivity index (χ4v) is 2.60. The van der Waals surface area contributed by atoms with E-state index < -0.39 is 6.10 Å². The molecule has 5 nitrogen and oxygen atoms in total. The molecule has 1 aromatic heterocycles. The Balaban J connectivity index is 2.47. The maximum Gasteiger partial charge on any atom is 0.264 e. The van der Waals surface area contributed by atoms with Crippen molar-refractivity contribution >= 4 is 39.1 Å². The van der Waals surface area contributed by atoms with Gasteiger partial charge in [0.15, 0.2) is 0 Å². The Morgan fingerprint density at radius 3 is 2.72 bits per heavy atom. The zero-order valence-electron chi connectivity index (χ0n) is 10.1. The molecule has 1 rings (SSSR count). The Morgan fingerprint density at radius 1 is 1.56 bits per heavy atom. The number of aliphatic hydroxyl groups is 1. The second-order valence-electron chi connectivity index (χ2n) is 3.92. The molecule has 0 spiro atoms. The molecule has 1 atom stereocenters. The van der Waals surface area contributed by atoms with Crippen molar-refractivity contribution in [1.29, 1.82) is 0 Å². The van der Waals surface area contributed by atoms with Crippen LogP contribution in [-0.2, 0) is 4.79 Å². The SMILES string of the molecule is CC(O)CNC(=O)CN(C)C(=O)c1ccc(Br)s1. The molecule has 1 heterocycles. The summed E-state index contributed by atoms with van der Waals surface area (Å²) in [6.45, 7) is 1.74. The number of nitrogens with one attached hydrogen (secondary N) is 1. The molecule has 0 aliphatic heterocycles. The van der Waals surface area contributed by atoms with E-state index in [1.165, 1.54) is 16.2 Å². The van der Waals surface area contributed by atoms with E-state index in [1.807, 2.05) is 0 Å². The zero-order chi connectivity index (χ0) is 13.7. The minimum atomic E-state index is -0.594. The molecule has 2 N–H and O–H groups in total. The number of rotatable bonds is 5. The van der Waals surface area contributed by atoms with Crippen LogP contribution in [0.2, 0.25) is 0 Å². The molecule has 0 radical (unpaired) electrons. The number of hydrogen-bond donors (Lipinski definition) is 2. The molecule has 0 aliphatic rings. The molecule has 0 saturated heterocycles. The number of thiophene rings is 1. The number of nitrogens with zero attached hydrogens (tertiary/aromatic N) is 1. The van der Waals surface area contributed by atoms with Crippen molar-refractivity contribution in [1.82, 2.24) is 10.2 Å². The van der Waals surface area contributed by atoms with Gasteiger partial charge in [0, 0.05) is 13.6 Å². The number of aliphatic hydroxyl groups excluding tert-OH is 1. The normalized spacial score (nSPS) is 12.0. The van der Waals surface area contributed by atoms with Gasteiger partial charge in [-0.3, -0.25) is 9.59 Å². The van der Waals surface area contributed by atoms with Crippen LogP contribution in [-0.4, -0.2) is 48.1 Å². The average molecular weight is 335 g/mol. The third-order valence-electron chi connectivity index (χ3n) is 2.11. The van der Waals surface area contributed by atoms with Gasteiger partial charge in [-0.2, -0.15) is 0 Å². The fraction of sp³-hybridized carbons (Fsp3) is 0.455. The van der Waals surface area contributed by atoms with Crippen molar-refractivity contribution in [3.63, 3.8) is 0 Å². The lowest BCUT2D eigenvalue weighted by Crippen LogP contribution is -2.40. The first-order chi connectivity index (χ1) is 8.40. The van der Waals surface area contributed by atoms with Crippen molar-refractivity contribution in [2.75, 3.05) is 20.1 Å². The van der Waals surface area contributed by atoms with E-state index in [0.717, 1.165) is 3.79 Å². The molecule has 2 amide bonds. The van der Waals surface area contributed by atoms with Gasteiger partial charge < -0.3 is 15.3 Å². The molecule has 0 fully saturated rings. The maximum absolute atomic E-state index is 11.9. The number of carbonyl (C=O) groups is 2. The summed E-state index contributed by atoms with van der Waals surface area (Å²) >= 11 is 4.61. The third kappa shape index (κ3) is 4.75. The van der Waals surface area contributed by atoms with Gasteiger partial charge in [0.2, 0.25) is 5.91 Å². The van der Waals surface area contributed by atoms with E-state index in [-0.39, 0.29) is 24.9 Å². The first-order valence-corrected chi connectivity index (χ1v) is 6.96. The quantitative estimate of drug-likeness (QED) is 0.846. The summed E-state index contributed by atoms with van der Waals surface area (Å²) in [4.78, 5) is 25.3. The van der Waals surface area contributed by atoms with Gasteiger partial charge in [0.1, 0.15) is 0 Å². The van der Waals surface area contributed by atoms with E-state index in [0.29, 0.717) is 4.88 Å². The fourth-order valence-electron chi connectivity index (χ4n) is 1.22. The molecule has 100 valence electrons. The first-order valence-electron chi connectivity index (χ1n) is 5.35. The summed E-state index contributed by atoms with van der Waals surface area (Å²) in [7, 11) is 1.57. The Bertz CT molecular complexity index is 434. The van der Waals surface area contributed by atoms with E-state index >= 15 is 0 Å². The highest BCUT2D eigenvalue weighted by Gasteiger charge is 2.16. The van der Waals surface area contributed by atoms with Gasteiger partial charge in [0.25, 0.3) is 5.91 Å². The molecule has 0 aliphatic carbocycles.